The standard InChI is InChI=1S/C14H22O2/c1-3-8-14(16-4-2)13(15)11-12-9-6-5-7-10-12/h5-7,9-10,13-15H,3-4,8,11H2,1-2H3. The van der Waals surface area contributed by atoms with Crippen LogP contribution in [0.3, 0.4) is 0 Å². The fourth-order valence-corrected chi connectivity index (χ4v) is 1.87. The van der Waals surface area contributed by atoms with Gasteiger partial charge in [-0.05, 0) is 18.9 Å². The van der Waals surface area contributed by atoms with Crippen LogP contribution in [0, 0.1) is 0 Å². The molecule has 1 rings (SSSR count). The van der Waals surface area contributed by atoms with Gasteiger partial charge in [-0.1, -0.05) is 43.7 Å². The fourth-order valence-electron chi connectivity index (χ4n) is 1.87. The van der Waals surface area contributed by atoms with Crippen molar-refractivity contribution < 1.29 is 9.84 Å². The number of hydrogen-bond donors (Lipinski definition) is 1. The van der Waals surface area contributed by atoms with Gasteiger partial charge in [-0.25, -0.2) is 0 Å². The molecular weight excluding hydrogens is 200 g/mol. The van der Waals surface area contributed by atoms with Crippen LogP contribution in [0.4, 0.5) is 0 Å². The lowest BCUT2D eigenvalue weighted by Crippen LogP contribution is -2.30. The Morgan fingerprint density at radius 1 is 1.19 bits per heavy atom. The van der Waals surface area contributed by atoms with E-state index in [1.54, 1.807) is 0 Å². The maximum Gasteiger partial charge on any atom is 0.0842 e. The van der Waals surface area contributed by atoms with Crippen LogP contribution in [0.2, 0.25) is 0 Å². The number of benzene rings is 1. The van der Waals surface area contributed by atoms with Crippen LogP contribution in [0.25, 0.3) is 0 Å². The smallest absolute Gasteiger partial charge is 0.0842 e. The summed E-state index contributed by atoms with van der Waals surface area (Å²) < 4.78 is 5.57. The summed E-state index contributed by atoms with van der Waals surface area (Å²) in [5.41, 5.74) is 1.16. The SMILES string of the molecule is CCCC(OCC)C(O)Cc1ccccc1. The van der Waals surface area contributed by atoms with Gasteiger partial charge in [0.1, 0.15) is 0 Å². The minimum absolute atomic E-state index is 0.0322. The Bertz CT molecular complexity index is 265. The summed E-state index contributed by atoms with van der Waals surface area (Å²) in [6, 6.07) is 10.1. The fraction of sp³-hybridized carbons (Fsp3) is 0.571. The van der Waals surface area contributed by atoms with Crippen molar-refractivity contribution in [1.82, 2.24) is 0 Å². The van der Waals surface area contributed by atoms with Crippen LogP contribution in [0.1, 0.15) is 32.3 Å². The van der Waals surface area contributed by atoms with Gasteiger partial charge < -0.3 is 9.84 Å². The molecule has 0 fully saturated rings. The molecule has 0 saturated carbocycles. The third-order valence-electron chi connectivity index (χ3n) is 2.67. The van der Waals surface area contributed by atoms with Gasteiger partial charge in [-0.3, -0.25) is 0 Å². The van der Waals surface area contributed by atoms with Crippen molar-refractivity contribution in [2.24, 2.45) is 0 Å². The predicted octanol–water partition coefficient (Wildman–Crippen LogP) is 2.80. The van der Waals surface area contributed by atoms with E-state index in [0.29, 0.717) is 13.0 Å². The number of aliphatic hydroxyl groups excluding tert-OH is 1. The van der Waals surface area contributed by atoms with Gasteiger partial charge in [0.2, 0.25) is 0 Å². The van der Waals surface area contributed by atoms with Crippen molar-refractivity contribution in [3.8, 4) is 0 Å². The second-order valence-electron chi connectivity index (χ2n) is 4.04. The predicted molar refractivity (Wildman–Crippen MR) is 66.5 cm³/mol. The summed E-state index contributed by atoms with van der Waals surface area (Å²) in [5, 5.41) is 10.1. The van der Waals surface area contributed by atoms with Gasteiger partial charge in [0, 0.05) is 13.0 Å². The van der Waals surface area contributed by atoms with E-state index in [1.807, 2.05) is 37.3 Å². The molecule has 0 amide bonds. The lowest BCUT2D eigenvalue weighted by atomic mass is 10.0. The molecule has 90 valence electrons. The van der Waals surface area contributed by atoms with E-state index >= 15 is 0 Å². The normalized spacial score (nSPS) is 14.7. The van der Waals surface area contributed by atoms with Gasteiger partial charge in [-0.2, -0.15) is 0 Å². The van der Waals surface area contributed by atoms with Crippen molar-refractivity contribution in [3.63, 3.8) is 0 Å². The lowest BCUT2D eigenvalue weighted by Gasteiger charge is -2.22. The number of ether oxygens (including phenoxy) is 1. The van der Waals surface area contributed by atoms with Crippen molar-refractivity contribution in [2.75, 3.05) is 6.61 Å². The maximum atomic E-state index is 10.1. The summed E-state index contributed by atoms with van der Waals surface area (Å²) in [6.45, 7) is 4.75. The second kappa shape index (κ2) is 7.42. The highest BCUT2D eigenvalue weighted by molar-refractivity contribution is 5.15. The molecule has 0 bridgehead atoms. The Morgan fingerprint density at radius 2 is 1.88 bits per heavy atom. The average Bonchev–Trinajstić information content (AvgIpc) is 2.30. The summed E-state index contributed by atoms with van der Waals surface area (Å²) in [7, 11) is 0. The quantitative estimate of drug-likeness (QED) is 0.768. The molecule has 0 heterocycles. The van der Waals surface area contributed by atoms with Gasteiger partial charge in [0.25, 0.3) is 0 Å². The molecule has 1 N–H and O–H groups in total. The Hall–Kier alpha value is -0.860. The van der Waals surface area contributed by atoms with Gasteiger partial charge in [-0.15, -0.1) is 0 Å². The third-order valence-corrected chi connectivity index (χ3v) is 2.67. The highest BCUT2D eigenvalue weighted by Gasteiger charge is 2.18. The number of hydrogen-bond acceptors (Lipinski definition) is 2. The molecule has 2 unspecified atom stereocenters. The van der Waals surface area contributed by atoms with E-state index in [0.717, 1.165) is 18.4 Å². The summed E-state index contributed by atoms with van der Waals surface area (Å²) in [5.74, 6) is 0. The van der Waals surface area contributed by atoms with Crippen LogP contribution >= 0.6 is 0 Å². The molecule has 0 saturated heterocycles. The Kier molecular flexibility index (Phi) is 6.12. The summed E-state index contributed by atoms with van der Waals surface area (Å²) >= 11 is 0. The topological polar surface area (TPSA) is 29.5 Å². The molecule has 1 aromatic rings. The summed E-state index contributed by atoms with van der Waals surface area (Å²) in [4.78, 5) is 0. The molecule has 1 aromatic carbocycles. The van der Waals surface area contributed by atoms with E-state index in [4.69, 9.17) is 4.74 Å². The van der Waals surface area contributed by atoms with E-state index in [1.165, 1.54) is 0 Å². The largest absolute Gasteiger partial charge is 0.390 e. The number of rotatable bonds is 7. The second-order valence-corrected chi connectivity index (χ2v) is 4.04. The van der Waals surface area contributed by atoms with Crippen molar-refractivity contribution in [2.45, 2.75) is 45.3 Å². The van der Waals surface area contributed by atoms with Crippen LogP contribution in [0.5, 0.6) is 0 Å². The first-order chi connectivity index (χ1) is 7.77. The molecule has 2 atom stereocenters. The van der Waals surface area contributed by atoms with E-state index in [9.17, 15) is 5.11 Å². The van der Waals surface area contributed by atoms with Gasteiger partial charge >= 0.3 is 0 Å². The Labute approximate surface area is 98.3 Å². The zero-order valence-electron chi connectivity index (χ0n) is 10.2. The molecule has 2 nitrogen and oxygen atoms in total. The van der Waals surface area contributed by atoms with Crippen LogP contribution in [-0.2, 0) is 11.2 Å². The molecule has 0 spiro atoms. The van der Waals surface area contributed by atoms with Gasteiger partial charge in [0.15, 0.2) is 0 Å². The van der Waals surface area contributed by atoms with Crippen molar-refractivity contribution >= 4 is 0 Å². The highest BCUT2D eigenvalue weighted by Crippen LogP contribution is 2.12. The average molecular weight is 222 g/mol. The molecule has 0 aromatic heterocycles. The third kappa shape index (κ3) is 4.33. The first-order valence-electron chi connectivity index (χ1n) is 6.11. The Balaban J connectivity index is 2.51. The van der Waals surface area contributed by atoms with Gasteiger partial charge in [0.05, 0.1) is 12.2 Å². The van der Waals surface area contributed by atoms with Crippen molar-refractivity contribution in [3.05, 3.63) is 35.9 Å². The molecule has 16 heavy (non-hydrogen) atoms. The van der Waals surface area contributed by atoms with Crippen LogP contribution in [-0.4, -0.2) is 23.9 Å². The molecule has 0 aliphatic carbocycles. The molecular formula is C14H22O2. The van der Waals surface area contributed by atoms with Crippen LogP contribution < -0.4 is 0 Å². The minimum Gasteiger partial charge on any atom is -0.390 e. The first-order valence-corrected chi connectivity index (χ1v) is 6.11. The van der Waals surface area contributed by atoms with E-state index in [-0.39, 0.29) is 6.10 Å². The molecule has 2 heteroatoms. The number of aliphatic hydroxyl groups is 1. The van der Waals surface area contributed by atoms with E-state index < -0.39 is 6.10 Å². The maximum absolute atomic E-state index is 10.1. The summed E-state index contributed by atoms with van der Waals surface area (Å²) in [6.07, 6.45) is 2.20. The zero-order chi connectivity index (χ0) is 11.8. The zero-order valence-corrected chi connectivity index (χ0v) is 10.2. The molecule has 0 aliphatic rings. The minimum atomic E-state index is -0.401. The molecule has 0 radical (unpaired) electrons. The highest BCUT2D eigenvalue weighted by atomic mass is 16.5. The molecule has 0 aliphatic heterocycles. The van der Waals surface area contributed by atoms with E-state index in [2.05, 4.69) is 6.92 Å². The first kappa shape index (κ1) is 13.2. The van der Waals surface area contributed by atoms with Crippen molar-refractivity contribution in [1.29, 1.82) is 0 Å². The monoisotopic (exact) mass is 222 g/mol. The Morgan fingerprint density at radius 3 is 2.44 bits per heavy atom. The lowest BCUT2D eigenvalue weighted by molar-refractivity contribution is -0.0363. The van der Waals surface area contributed by atoms with Crippen LogP contribution in [0.15, 0.2) is 30.3 Å².